The topological polar surface area (TPSA) is 49.3 Å². The van der Waals surface area contributed by atoms with Crippen molar-refractivity contribution in [3.8, 4) is 0 Å². The summed E-state index contributed by atoms with van der Waals surface area (Å²) in [6.07, 6.45) is 1.99. The number of benzene rings is 2. The van der Waals surface area contributed by atoms with Crippen LogP contribution in [-0.4, -0.2) is 23.9 Å². The van der Waals surface area contributed by atoms with E-state index < -0.39 is 6.04 Å². The molecule has 1 amide bonds. The fraction of sp³-hybridized carbons (Fsp3) is 0.188. The van der Waals surface area contributed by atoms with Gasteiger partial charge in [0.05, 0.1) is 23.2 Å². The third kappa shape index (κ3) is 4.17. The van der Waals surface area contributed by atoms with Crippen molar-refractivity contribution in [2.75, 3.05) is 12.9 Å². The second kappa shape index (κ2) is 7.88. The SMILES string of the molecule is CSc1ccc(C(CO)NC(=O)c2cc(Cl)ccc2Cl)cc1. The number of carbonyl (C=O) groups is 1. The summed E-state index contributed by atoms with van der Waals surface area (Å²) in [5.74, 6) is -0.375. The lowest BCUT2D eigenvalue weighted by Crippen LogP contribution is -2.31. The number of thioether (sulfide) groups is 1. The smallest absolute Gasteiger partial charge is 0.253 e. The van der Waals surface area contributed by atoms with Crippen LogP contribution in [0.15, 0.2) is 47.4 Å². The van der Waals surface area contributed by atoms with Crippen LogP contribution in [0.5, 0.6) is 0 Å². The van der Waals surface area contributed by atoms with Gasteiger partial charge in [-0.25, -0.2) is 0 Å². The lowest BCUT2D eigenvalue weighted by Gasteiger charge is -2.17. The molecule has 0 radical (unpaired) electrons. The standard InChI is InChI=1S/C16H15Cl2NO2S/c1-22-12-5-2-10(3-6-12)15(9-20)19-16(21)13-8-11(17)4-7-14(13)18/h2-8,15,20H,9H2,1H3,(H,19,21). The zero-order chi connectivity index (χ0) is 16.1. The number of hydrogen-bond acceptors (Lipinski definition) is 3. The van der Waals surface area contributed by atoms with Gasteiger partial charge in [-0.2, -0.15) is 0 Å². The molecule has 0 heterocycles. The van der Waals surface area contributed by atoms with E-state index in [1.54, 1.807) is 23.9 Å². The fourth-order valence-electron chi connectivity index (χ4n) is 1.98. The molecule has 0 spiro atoms. The maximum atomic E-state index is 12.3. The van der Waals surface area contributed by atoms with Gasteiger partial charge in [0.15, 0.2) is 0 Å². The Labute approximate surface area is 143 Å². The summed E-state index contributed by atoms with van der Waals surface area (Å²) in [6, 6.07) is 11.8. The lowest BCUT2D eigenvalue weighted by molar-refractivity contribution is 0.0916. The number of hydrogen-bond donors (Lipinski definition) is 2. The summed E-state index contributed by atoms with van der Waals surface area (Å²) in [7, 11) is 0. The molecule has 0 aliphatic heterocycles. The molecule has 116 valence electrons. The quantitative estimate of drug-likeness (QED) is 0.791. The van der Waals surface area contributed by atoms with Crippen LogP contribution in [0.2, 0.25) is 10.0 Å². The molecule has 1 unspecified atom stereocenters. The van der Waals surface area contributed by atoms with Crippen molar-refractivity contribution in [3.05, 3.63) is 63.6 Å². The van der Waals surface area contributed by atoms with E-state index in [9.17, 15) is 9.90 Å². The van der Waals surface area contributed by atoms with Crippen LogP contribution in [0.4, 0.5) is 0 Å². The van der Waals surface area contributed by atoms with Crippen LogP contribution in [-0.2, 0) is 0 Å². The van der Waals surface area contributed by atoms with Crippen molar-refractivity contribution in [3.63, 3.8) is 0 Å². The molecule has 2 N–H and O–H groups in total. The third-order valence-electron chi connectivity index (χ3n) is 3.18. The van der Waals surface area contributed by atoms with E-state index in [2.05, 4.69) is 5.32 Å². The monoisotopic (exact) mass is 355 g/mol. The molecule has 0 fully saturated rings. The van der Waals surface area contributed by atoms with Gasteiger partial charge in [-0.05, 0) is 42.2 Å². The van der Waals surface area contributed by atoms with Gasteiger partial charge in [-0.3, -0.25) is 4.79 Å². The largest absolute Gasteiger partial charge is 0.394 e. The molecule has 0 saturated heterocycles. The predicted octanol–water partition coefficient (Wildman–Crippen LogP) is 4.18. The van der Waals surface area contributed by atoms with Gasteiger partial charge in [0.2, 0.25) is 0 Å². The Morgan fingerprint density at radius 1 is 1.23 bits per heavy atom. The highest BCUT2D eigenvalue weighted by atomic mass is 35.5. The molecule has 2 rings (SSSR count). The molecule has 2 aromatic rings. The van der Waals surface area contributed by atoms with E-state index in [1.165, 1.54) is 6.07 Å². The summed E-state index contributed by atoms with van der Waals surface area (Å²) < 4.78 is 0. The van der Waals surface area contributed by atoms with Crippen molar-refractivity contribution >= 4 is 40.9 Å². The molecule has 0 aromatic heterocycles. The molecule has 0 saturated carbocycles. The molecule has 1 atom stereocenters. The van der Waals surface area contributed by atoms with Gasteiger partial charge in [0.25, 0.3) is 5.91 Å². The first-order valence-electron chi connectivity index (χ1n) is 6.56. The summed E-state index contributed by atoms with van der Waals surface area (Å²) in [5, 5.41) is 13.1. The molecule has 0 aliphatic rings. The second-order valence-corrected chi connectivity index (χ2v) is 6.33. The van der Waals surface area contributed by atoms with E-state index in [-0.39, 0.29) is 18.1 Å². The Hall–Kier alpha value is -1.20. The Morgan fingerprint density at radius 3 is 2.50 bits per heavy atom. The van der Waals surface area contributed by atoms with Gasteiger partial charge in [-0.1, -0.05) is 35.3 Å². The highest BCUT2D eigenvalue weighted by molar-refractivity contribution is 7.98. The molecular weight excluding hydrogens is 341 g/mol. The van der Waals surface area contributed by atoms with Crippen LogP contribution in [0.1, 0.15) is 22.0 Å². The number of carbonyl (C=O) groups excluding carboxylic acids is 1. The average molecular weight is 356 g/mol. The van der Waals surface area contributed by atoms with Crippen molar-refractivity contribution in [2.45, 2.75) is 10.9 Å². The first kappa shape index (κ1) is 17.2. The van der Waals surface area contributed by atoms with Crippen LogP contribution in [0.25, 0.3) is 0 Å². The van der Waals surface area contributed by atoms with Crippen molar-refractivity contribution in [1.29, 1.82) is 0 Å². The number of aliphatic hydroxyl groups is 1. The van der Waals surface area contributed by atoms with Gasteiger partial charge < -0.3 is 10.4 Å². The second-order valence-electron chi connectivity index (χ2n) is 4.61. The van der Waals surface area contributed by atoms with Gasteiger partial charge in [0.1, 0.15) is 0 Å². The maximum Gasteiger partial charge on any atom is 0.253 e. The normalized spacial score (nSPS) is 12.0. The molecule has 2 aromatic carbocycles. The first-order chi connectivity index (χ1) is 10.5. The maximum absolute atomic E-state index is 12.3. The number of nitrogens with one attached hydrogen (secondary N) is 1. The number of rotatable bonds is 5. The zero-order valence-corrected chi connectivity index (χ0v) is 14.2. The Balaban J connectivity index is 2.18. The number of aliphatic hydroxyl groups excluding tert-OH is 1. The zero-order valence-electron chi connectivity index (χ0n) is 11.8. The highest BCUT2D eigenvalue weighted by Gasteiger charge is 2.17. The summed E-state index contributed by atoms with van der Waals surface area (Å²) >= 11 is 13.5. The third-order valence-corrected chi connectivity index (χ3v) is 4.49. The van der Waals surface area contributed by atoms with Crippen molar-refractivity contribution < 1.29 is 9.90 Å². The summed E-state index contributed by atoms with van der Waals surface area (Å²) in [5.41, 5.74) is 1.11. The molecule has 0 aliphatic carbocycles. The van der Waals surface area contributed by atoms with E-state index >= 15 is 0 Å². The van der Waals surface area contributed by atoms with E-state index in [0.717, 1.165) is 10.5 Å². The van der Waals surface area contributed by atoms with Crippen LogP contribution < -0.4 is 5.32 Å². The van der Waals surface area contributed by atoms with E-state index in [0.29, 0.717) is 10.0 Å². The van der Waals surface area contributed by atoms with E-state index in [1.807, 2.05) is 30.5 Å². The number of amides is 1. The predicted molar refractivity (Wildman–Crippen MR) is 92.0 cm³/mol. The van der Waals surface area contributed by atoms with Gasteiger partial charge in [-0.15, -0.1) is 11.8 Å². The average Bonchev–Trinajstić information content (AvgIpc) is 2.54. The number of halogens is 2. The Morgan fingerprint density at radius 2 is 1.91 bits per heavy atom. The van der Waals surface area contributed by atoms with Crippen LogP contribution in [0, 0.1) is 0 Å². The van der Waals surface area contributed by atoms with Crippen LogP contribution >= 0.6 is 35.0 Å². The van der Waals surface area contributed by atoms with Crippen molar-refractivity contribution in [2.24, 2.45) is 0 Å². The first-order valence-corrected chi connectivity index (χ1v) is 8.54. The summed E-state index contributed by atoms with van der Waals surface area (Å²) in [4.78, 5) is 13.4. The van der Waals surface area contributed by atoms with Gasteiger partial charge in [0, 0.05) is 9.92 Å². The minimum atomic E-state index is -0.501. The lowest BCUT2D eigenvalue weighted by atomic mass is 10.1. The highest BCUT2D eigenvalue weighted by Crippen LogP contribution is 2.23. The Kier molecular flexibility index (Phi) is 6.15. The summed E-state index contributed by atoms with van der Waals surface area (Å²) in [6.45, 7) is -0.206. The van der Waals surface area contributed by atoms with E-state index in [4.69, 9.17) is 23.2 Å². The minimum Gasteiger partial charge on any atom is -0.394 e. The van der Waals surface area contributed by atoms with Crippen LogP contribution in [0.3, 0.4) is 0 Å². The minimum absolute atomic E-state index is 0.206. The van der Waals surface area contributed by atoms with Gasteiger partial charge >= 0.3 is 0 Å². The molecule has 3 nitrogen and oxygen atoms in total. The molecule has 0 bridgehead atoms. The van der Waals surface area contributed by atoms with Crippen molar-refractivity contribution in [1.82, 2.24) is 5.32 Å². The molecule has 6 heteroatoms. The molecular formula is C16H15Cl2NO2S. The Bertz CT molecular complexity index is 662. The molecule has 22 heavy (non-hydrogen) atoms. The fourth-order valence-corrected chi connectivity index (χ4v) is 2.76.